The van der Waals surface area contributed by atoms with E-state index in [0.29, 0.717) is 12.2 Å². The third kappa shape index (κ3) is 4.02. The summed E-state index contributed by atoms with van der Waals surface area (Å²) >= 11 is 0. The van der Waals surface area contributed by atoms with Gasteiger partial charge in [-0.2, -0.15) is 23.4 Å². The normalized spacial score (nSPS) is 16.0. The number of nitrogens with one attached hydrogen (secondary N) is 1. The second kappa shape index (κ2) is 6.53. The first-order valence-electron chi connectivity index (χ1n) is 8.15. The highest BCUT2D eigenvalue weighted by atomic mass is 19.4. The maximum absolute atomic E-state index is 12.9. The van der Waals surface area contributed by atoms with E-state index in [1.807, 2.05) is 0 Å². The number of aryl methyl sites for hydroxylation is 1. The van der Waals surface area contributed by atoms with Gasteiger partial charge >= 0.3 is 6.18 Å². The Kier molecular flexibility index (Phi) is 4.57. The van der Waals surface area contributed by atoms with Gasteiger partial charge in [-0.25, -0.2) is 0 Å². The van der Waals surface area contributed by atoms with E-state index >= 15 is 0 Å². The molecule has 0 saturated heterocycles. The Morgan fingerprint density at radius 3 is 2.72 bits per heavy atom. The first-order valence-corrected chi connectivity index (χ1v) is 8.15. The van der Waals surface area contributed by atoms with Gasteiger partial charge in [0.25, 0.3) is 0 Å². The molecule has 2 aromatic rings. The lowest BCUT2D eigenvalue weighted by Gasteiger charge is -2.14. The quantitative estimate of drug-likeness (QED) is 0.866. The van der Waals surface area contributed by atoms with Crippen molar-refractivity contribution in [2.24, 2.45) is 13.0 Å². The fraction of sp³-hybridized carbons (Fsp3) is 0.562. The number of aromatic nitrogens is 4. The number of carbonyl (C=O) groups is 1. The number of hydrogen-bond acceptors (Lipinski definition) is 3. The number of alkyl halides is 3. The summed E-state index contributed by atoms with van der Waals surface area (Å²) in [6, 6.07) is 2.90. The maximum atomic E-state index is 12.9. The molecule has 2 aromatic heterocycles. The smallest absolute Gasteiger partial charge is 0.350 e. The zero-order valence-electron chi connectivity index (χ0n) is 14.0. The van der Waals surface area contributed by atoms with Crippen LogP contribution < -0.4 is 5.32 Å². The Hall–Kier alpha value is -2.32. The second-order valence-electron chi connectivity index (χ2n) is 6.47. The van der Waals surface area contributed by atoms with Gasteiger partial charge in [-0.3, -0.25) is 14.2 Å². The lowest BCUT2D eigenvalue weighted by Crippen LogP contribution is -2.32. The zero-order valence-corrected chi connectivity index (χ0v) is 14.0. The van der Waals surface area contributed by atoms with Crippen LogP contribution in [0.5, 0.6) is 0 Å². The SMILES string of the molecule is CC(Cn1nc(C(F)(F)F)cc1C1CC1)C(=O)NCc1ccnn1C. The predicted octanol–water partition coefficient (Wildman–Crippen LogP) is 2.47. The molecule has 1 aliphatic rings. The number of halogens is 3. The molecule has 1 aliphatic carbocycles. The Morgan fingerprint density at radius 1 is 1.44 bits per heavy atom. The van der Waals surface area contributed by atoms with Crippen LogP contribution in [-0.2, 0) is 31.1 Å². The van der Waals surface area contributed by atoms with Crippen molar-refractivity contribution in [2.45, 2.75) is 44.9 Å². The van der Waals surface area contributed by atoms with Crippen LogP contribution in [0.3, 0.4) is 0 Å². The summed E-state index contributed by atoms with van der Waals surface area (Å²) in [5.41, 5.74) is 0.521. The van der Waals surface area contributed by atoms with E-state index < -0.39 is 17.8 Å². The summed E-state index contributed by atoms with van der Waals surface area (Å²) in [4.78, 5) is 12.3. The topological polar surface area (TPSA) is 64.7 Å². The summed E-state index contributed by atoms with van der Waals surface area (Å²) in [5.74, 6) is -0.605. The van der Waals surface area contributed by atoms with Gasteiger partial charge in [0.05, 0.1) is 24.7 Å². The van der Waals surface area contributed by atoms with E-state index in [2.05, 4.69) is 15.5 Å². The van der Waals surface area contributed by atoms with E-state index in [9.17, 15) is 18.0 Å². The first-order chi connectivity index (χ1) is 11.8. The van der Waals surface area contributed by atoms with Crippen LogP contribution in [0.2, 0.25) is 0 Å². The number of nitrogens with zero attached hydrogens (tertiary/aromatic N) is 4. The van der Waals surface area contributed by atoms with Gasteiger partial charge < -0.3 is 5.32 Å². The molecule has 3 rings (SSSR count). The molecular weight excluding hydrogens is 335 g/mol. The fourth-order valence-corrected chi connectivity index (χ4v) is 2.69. The minimum atomic E-state index is -4.47. The van der Waals surface area contributed by atoms with Crippen LogP contribution in [-0.4, -0.2) is 25.5 Å². The highest BCUT2D eigenvalue weighted by Crippen LogP contribution is 2.42. The van der Waals surface area contributed by atoms with Crippen LogP contribution in [0.1, 0.15) is 42.8 Å². The first kappa shape index (κ1) is 17.5. The maximum Gasteiger partial charge on any atom is 0.435 e. The largest absolute Gasteiger partial charge is 0.435 e. The lowest BCUT2D eigenvalue weighted by molar-refractivity contribution is -0.141. The average molecular weight is 355 g/mol. The molecule has 0 aromatic carbocycles. The Morgan fingerprint density at radius 2 is 2.16 bits per heavy atom. The van der Waals surface area contributed by atoms with Gasteiger partial charge in [0.1, 0.15) is 0 Å². The standard InChI is InChI=1S/C16H20F3N5O/c1-10(15(25)20-8-12-5-6-21-23(12)2)9-24-13(11-3-4-11)7-14(22-24)16(17,18)19/h5-7,10-11H,3-4,8-9H2,1-2H3,(H,20,25). The van der Waals surface area contributed by atoms with E-state index in [0.717, 1.165) is 24.6 Å². The van der Waals surface area contributed by atoms with Crippen molar-refractivity contribution in [1.82, 2.24) is 24.9 Å². The van der Waals surface area contributed by atoms with Gasteiger partial charge in [0.15, 0.2) is 5.69 Å². The molecule has 25 heavy (non-hydrogen) atoms. The number of amides is 1. The van der Waals surface area contributed by atoms with Crippen LogP contribution >= 0.6 is 0 Å². The lowest BCUT2D eigenvalue weighted by atomic mass is 10.1. The molecule has 0 spiro atoms. The Bertz CT molecular complexity index is 760. The summed E-state index contributed by atoms with van der Waals surface area (Å²) in [7, 11) is 1.77. The molecule has 2 heterocycles. The Labute approximate surface area is 143 Å². The van der Waals surface area contributed by atoms with Crippen molar-refractivity contribution in [2.75, 3.05) is 0 Å². The van der Waals surface area contributed by atoms with Crippen molar-refractivity contribution in [1.29, 1.82) is 0 Å². The van der Waals surface area contributed by atoms with E-state index in [-0.39, 0.29) is 18.4 Å². The van der Waals surface area contributed by atoms with E-state index in [1.165, 1.54) is 4.68 Å². The molecule has 1 atom stereocenters. The number of hydrogen-bond donors (Lipinski definition) is 1. The fourth-order valence-electron chi connectivity index (χ4n) is 2.69. The van der Waals surface area contributed by atoms with Crippen molar-refractivity contribution >= 4 is 5.91 Å². The highest BCUT2D eigenvalue weighted by Gasteiger charge is 2.38. The monoisotopic (exact) mass is 355 g/mol. The van der Waals surface area contributed by atoms with Crippen LogP contribution in [0.15, 0.2) is 18.3 Å². The molecule has 1 unspecified atom stereocenters. The molecular formula is C16H20F3N5O. The number of rotatable bonds is 6. The van der Waals surface area contributed by atoms with Crippen LogP contribution in [0, 0.1) is 5.92 Å². The third-order valence-electron chi connectivity index (χ3n) is 4.36. The molecule has 6 nitrogen and oxygen atoms in total. The van der Waals surface area contributed by atoms with Crippen molar-refractivity contribution < 1.29 is 18.0 Å². The second-order valence-corrected chi connectivity index (χ2v) is 6.47. The molecule has 0 aliphatic heterocycles. The van der Waals surface area contributed by atoms with E-state index in [1.54, 1.807) is 30.9 Å². The molecule has 1 N–H and O–H groups in total. The minimum Gasteiger partial charge on any atom is -0.350 e. The average Bonchev–Trinajstić information content (AvgIpc) is 3.16. The third-order valence-corrected chi connectivity index (χ3v) is 4.36. The van der Waals surface area contributed by atoms with Gasteiger partial charge in [-0.1, -0.05) is 6.92 Å². The van der Waals surface area contributed by atoms with Gasteiger partial charge in [-0.15, -0.1) is 0 Å². The summed E-state index contributed by atoms with van der Waals surface area (Å²) in [5, 5.41) is 10.5. The molecule has 1 fully saturated rings. The van der Waals surface area contributed by atoms with Gasteiger partial charge in [-0.05, 0) is 25.0 Å². The zero-order chi connectivity index (χ0) is 18.2. The summed E-state index contributed by atoms with van der Waals surface area (Å²) in [6.07, 6.45) is -1.11. The summed E-state index contributed by atoms with van der Waals surface area (Å²) in [6.45, 7) is 2.13. The number of carbonyl (C=O) groups excluding carboxylic acids is 1. The molecule has 1 amide bonds. The van der Waals surface area contributed by atoms with E-state index in [4.69, 9.17) is 0 Å². The van der Waals surface area contributed by atoms with Crippen molar-refractivity contribution in [3.63, 3.8) is 0 Å². The molecule has 136 valence electrons. The van der Waals surface area contributed by atoms with Crippen LogP contribution in [0.4, 0.5) is 13.2 Å². The minimum absolute atomic E-state index is 0.119. The molecule has 9 heteroatoms. The molecule has 0 bridgehead atoms. The van der Waals surface area contributed by atoms with Crippen molar-refractivity contribution in [3.8, 4) is 0 Å². The summed E-state index contributed by atoms with van der Waals surface area (Å²) < 4.78 is 41.7. The van der Waals surface area contributed by atoms with Crippen molar-refractivity contribution in [3.05, 3.63) is 35.4 Å². The van der Waals surface area contributed by atoms with Gasteiger partial charge in [0.2, 0.25) is 5.91 Å². The predicted molar refractivity (Wildman–Crippen MR) is 83.4 cm³/mol. The highest BCUT2D eigenvalue weighted by molar-refractivity contribution is 5.78. The molecule has 1 saturated carbocycles. The molecule has 0 radical (unpaired) electrons. The van der Waals surface area contributed by atoms with Crippen LogP contribution in [0.25, 0.3) is 0 Å². The Balaban J connectivity index is 1.65. The van der Waals surface area contributed by atoms with Gasteiger partial charge in [0, 0.05) is 24.9 Å².